The zero-order chi connectivity index (χ0) is 22.7. The summed E-state index contributed by atoms with van der Waals surface area (Å²) >= 11 is 7.42. The second-order valence-electron chi connectivity index (χ2n) is 7.46. The van der Waals surface area contributed by atoms with Gasteiger partial charge in [0.05, 0.1) is 25.2 Å². The van der Waals surface area contributed by atoms with Gasteiger partial charge in [0, 0.05) is 28.6 Å². The summed E-state index contributed by atoms with van der Waals surface area (Å²) in [6.45, 7) is 3.83. The van der Waals surface area contributed by atoms with Gasteiger partial charge >= 0.3 is 0 Å². The molecule has 2 heterocycles. The fourth-order valence-corrected chi connectivity index (χ4v) is 5.13. The lowest BCUT2D eigenvalue weighted by Crippen LogP contribution is -2.41. The van der Waals surface area contributed by atoms with E-state index in [1.54, 1.807) is 11.0 Å². The first-order chi connectivity index (χ1) is 15.5. The van der Waals surface area contributed by atoms with Crippen molar-refractivity contribution in [2.75, 3.05) is 31.6 Å². The Morgan fingerprint density at radius 3 is 2.53 bits per heavy atom. The summed E-state index contributed by atoms with van der Waals surface area (Å²) < 4.78 is 19.5. The third kappa shape index (κ3) is 4.70. The van der Waals surface area contributed by atoms with Crippen LogP contribution >= 0.6 is 22.9 Å². The third-order valence-electron chi connectivity index (χ3n) is 5.35. The van der Waals surface area contributed by atoms with Gasteiger partial charge in [0.2, 0.25) is 5.91 Å². The molecule has 0 bridgehead atoms. The number of benzene rings is 2. The van der Waals surface area contributed by atoms with Crippen molar-refractivity contribution in [2.45, 2.75) is 13.3 Å². The van der Waals surface area contributed by atoms with Crippen LogP contribution in [0.25, 0.3) is 10.4 Å². The van der Waals surface area contributed by atoms with Crippen LogP contribution in [0.15, 0.2) is 48.5 Å². The molecule has 1 saturated heterocycles. The fourth-order valence-electron chi connectivity index (χ4n) is 3.68. The van der Waals surface area contributed by atoms with Crippen LogP contribution in [0, 0.1) is 12.7 Å². The number of nitrogens with zero attached hydrogens (tertiary/aromatic N) is 1. The lowest BCUT2D eigenvalue weighted by molar-refractivity contribution is -0.115. The molecule has 0 unspecified atom stereocenters. The highest BCUT2D eigenvalue weighted by Gasteiger charge is 2.28. The van der Waals surface area contributed by atoms with Gasteiger partial charge in [-0.05, 0) is 30.2 Å². The highest BCUT2D eigenvalue weighted by Crippen LogP contribution is 2.40. The number of rotatable bonds is 5. The van der Waals surface area contributed by atoms with E-state index in [0.29, 0.717) is 36.9 Å². The summed E-state index contributed by atoms with van der Waals surface area (Å²) in [5, 5.41) is 3.49. The van der Waals surface area contributed by atoms with Gasteiger partial charge in [0.1, 0.15) is 10.8 Å². The minimum Gasteiger partial charge on any atom is -0.378 e. The summed E-state index contributed by atoms with van der Waals surface area (Å²) in [7, 11) is 0. The summed E-state index contributed by atoms with van der Waals surface area (Å²) in [6, 6.07) is 14.0. The average Bonchev–Trinajstić information content (AvgIpc) is 3.12. The van der Waals surface area contributed by atoms with E-state index in [2.05, 4.69) is 5.32 Å². The van der Waals surface area contributed by atoms with Crippen molar-refractivity contribution in [3.8, 4) is 10.4 Å². The number of carbonyl (C=O) groups excluding carboxylic acids is 2. The van der Waals surface area contributed by atoms with Crippen molar-refractivity contribution in [2.24, 2.45) is 0 Å². The first-order valence-corrected chi connectivity index (χ1v) is 11.4. The molecule has 4 rings (SSSR count). The van der Waals surface area contributed by atoms with Gasteiger partial charge in [-0.3, -0.25) is 9.59 Å². The van der Waals surface area contributed by atoms with Crippen LogP contribution in [-0.4, -0.2) is 43.0 Å². The number of ether oxygens (including phenoxy) is 1. The van der Waals surface area contributed by atoms with E-state index in [1.165, 1.54) is 23.5 Å². The van der Waals surface area contributed by atoms with Crippen molar-refractivity contribution in [1.82, 2.24) is 4.90 Å². The lowest BCUT2D eigenvalue weighted by Gasteiger charge is -2.27. The number of thiophene rings is 1. The number of morpholine rings is 1. The van der Waals surface area contributed by atoms with Crippen molar-refractivity contribution >= 4 is 39.8 Å². The Bertz CT molecular complexity index is 1120. The van der Waals surface area contributed by atoms with E-state index in [-0.39, 0.29) is 22.9 Å². The van der Waals surface area contributed by atoms with Crippen molar-refractivity contribution in [1.29, 1.82) is 0 Å². The monoisotopic (exact) mass is 472 g/mol. The molecule has 1 N–H and O–H groups in total. The smallest absolute Gasteiger partial charge is 0.257 e. The Morgan fingerprint density at radius 1 is 1.12 bits per heavy atom. The van der Waals surface area contributed by atoms with E-state index in [1.807, 2.05) is 37.3 Å². The zero-order valence-corrected chi connectivity index (χ0v) is 19.1. The molecule has 1 aromatic heterocycles. The molecule has 1 aliphatic heterocycles. The molecule has 5 nitrogen and oxygen atoms in total. The van der Waals surface area contributed by atoms with Crippen LogP contribution in [0.2, 0.25) is 5.02 Å². The van der Waals surface area contributed by atoms with Gasteiger partial charge in [0.15, 0.2) is 0 Å². The summed E-state index contributed by atoms with van der Waals surface area (Å²) in [5.41, 5.74) is 2.36. The summed E-state index contributed by atoms with van der Waals surface area (Å²) in [4.78, 5) is 28.8. The maximum atomic E-state index is 14.2. The molecule has 1 aliphatic rings. The van der Waals surface area contributed by atoms with Crippen molar-refractivity contribution in [3.63, 3.8) is 0 Å². The van der Waals surface area contributed by atoms with Gasteiger partial charge < -0.3 is 15.0 Å². The fraction of sp³-hybridized carbons (Fsp3) is 0.250. The van der Waals surface area contributed by atoms with E-state index in [4.69, 9.17) is 16.3 Å². The Balaban J connectivity index is 1.68. The van der Waals surface area contributed by atoms with E-state index in [9.17, 15) is 14.0 Å². The maximum absolute atomic E-state index is 14.2. The standard InChI is InChI=1S/C24H22ClFN2O3S/c1-15-21(24(30)28-10-12-31-13-11-28)23(32-22(15)16-6-3-2-4-7-16)27-20(29)14-17-18(25)8-5-9-19(17)26/h2-9H,10-14H2,1H3,(H,27,29). The molecule has 2 aromatic carbocycles. The molecule has 0 radical (unpaired) electrons. The largest absolute Gasteiger partial charge is 0.378 e. The molecule has 0 atom stereocenters. The predicted octanol–water partition coefficient (Wildman–Crippen LogP) is 5.17. The topological polar surface area (TPSA) is 58.6 Å². The minimum atomic E-state index is -0.537. The van der Waals surface area contributed by atoms with Crippen LogP contribution in [0.5, 0.6) is 0 Å². The molecule has 0 saturated carbocycles. The van der Waals surface area contributed by atoms with Crippen molar-refractivity contribution < 1.29 is 18.7 Å². The molecule has 0 aliphatic carbocycles. The van der Waals surface area contributed by atoms with Crippen LogP contribution in [0.4, 0.5) is 9.39 Å². The first kappa shape index (κ1) is 22.5. The number of halogens is 2. The lowest BCUT2D eigenvalue weighted by atomic mass is 10.1. The quantitative estimate of drug-likeness (QED) is 0.557. The highest BCUT2D eigenvalue weighted by atomic mass is 35.5. The first-order valence-electron chi connectivity index (χ1n) is 10.2. The molecule has 8 heteroatoms. The maximum Gasteiger partial charge on any atom is 0.257 e. The average molecular weight is 473 g/mol. The summed E-state index contributed by atoms with van der Waals surface area (Å²) in [5.74, 6) is -1.12. The minimum absolute atomic E-state index is 0.129. The normalized spacial score (nSPS) is 13.8. The molecule has 0 spiro atoms. The molecule has 2 amide bonds. The predicted molar refractivity (Wildman–Crippen MR) is 125 cm³/mol. The van der Waals surface area contributed by atoms with Gasteiger partial charge in [-0.1, -0.05) is 48.0 Å². The Labute approximate surface area is 194 Å². The Kier molecular flexibility index (Phi) is 6.89. The van der Waals surface area contributed by atoms with Crippen LogP contribution in [0.1, 0.15) is 21.5 Å². The van der Waals surface area contributed by atoms with Gasteiger partial charge in [0.25, 0.3) is 5.91 Å². The molecular formula is C24H22ClFN2O3S. The van der Waals surface area contributed by atoms with E-state index < -0.39 is 11.7 Å². The SMILES string of the molecule is Cc1c(-c2ccccc2)sc(NC(=O)Cc2c(F)cccc2Cl)c1C(=O)N1CCOCC1. The summed E-state index contributed by atoms with van der Waals surface area (Å²) in [6.07, 6.45) is -0.228. The zero-order valence-electron chi connectivity index (χ0n) is 17.5. The van der Waals surface area contributed by atoms with Gasteiger partial charge in [-0.15, -0.1) is 11.3 Å². The Morgan fingerprint density at radius 2 is 1.84 bits per heavy atom. The van der Waals surface area contributed by atoms with E-state index >= 15 is 0 Å². The number of carbonyl (C=O) groups is 2. The van der Waals surface area contributed by atoms with E-state index in [0.717, 1.165) is 16.0 Å². The van der Waals surface area contributed by atoms with Gasteiger partial charge in [-0.25, -0.2) is 4.39 Å². The van der Waals surface area contributed by atoms with Crippen LogP contribution in [0.3, 0.4) is 0 Å². The molecule has 1 fully saturated rings. The van der Waals surface area contributed by atoms with Crippen LogP contribution < -0.4 is 5.32 Å². The second kappa shape index (κ2) is 9.81. The number of hydrogen-bond donors (Lipinski definition) is 1. The third-order valence-corrected chi connectivity index (χ3v) is 6.96. The number of anilines is 1. The molecular weight excluding hydrogens is 451 g/mol. The Hall–Kier alpha value is -2.74. The van der Waals surface area contributed by atoms with Crippen LogP contribution in [-0.2, 0) is 16.0 Å². The molecule has 166 valence electrons. The number of hydrogen-bond acceptors (Lipinski definition) is 4. The highest BCUT2D eigenvalue weighted by molar-refractivity contribution is 7.20. The number of amides is 2. The number of nitrogens with one attached hydrogen (secondary N) is 1. The molecule has 3 aromatic rings. The molecule has 32 heavy (non-hydrogen) atoms. The van der Waals surface area contributed by atoms with Crippen molar-refractivity contribution in [3.05, 3.63) is 76.1 Å². The second-order valence-corrected chi connectivity index (χ2v) is 8.88. The van der Waals surface area contributed by atoms with Gasteiger partial charge in [-0.2, -0.15) is 0 Å².